The second kappa shape index (κ2) is 5.87. The molecule has 0 saturated heterocycles. The van der Waals surface area contributed by atoms with E-state index in [1.807, 2.05) is 20.8 Å². The van der Waals surface area contributed by atoms with Gasteiger partial charge in [0, 0.05) is 23.8 Å². The minimum absolute atomic E-state index is 0.0715. The van der Waals surface area contributed by atoms with E-state index in [-0.39, 0.29) is 30.1 Å². The third-order valence-corrected chi connectivity index (χ3v) is 2.87. The Labute approximate surface area is 106 Å². The van der Waals surface area contributed by atoms with Gasteiger partial charge in [0.25, 0.3) is 0 Å². The summed E-state index contributed by atoms with van der Waals surface area (Å²) in [7, 11) is 0. The van der Waals surface area contributed by atoms with Crippen LogP contribution < -0.4 is 0 Å². The molecule has 0 N–H and O–H groups in total. The first kappa shape index (κ1) is 14.5. The van der Waals surface area contributed by atoms with Gasteiger partial charge in [0.2, 0.25) is 0 Å². The maximum Gasteiger partial charge on any atom is 0.309 e. The highest BCUT2D eigenvalue weighted by atomic mass is 16.6. The number of ether oxygens (including phenoxy) is 1. The van der Waals surface area contributed by atoms with Crippen LogP contribution in [0.4, 0.5) is 0 Å². The minimum atomic E-state index is -0.515. The summed E-state index contributed by atoms with van der Waals surface area (Å²) < 4.78 is 5.31. The van der Waals surface area contributed by atoms with Crippen LogP contribution in [0.1, 0.15) is 40.0 Å². The van der Waals surface area contributed by atoms with E-state index in [1.165, 1.54) is 0 Å². The van der Waals surface area contributed by atoms with Crippen molar-refractivity contribution < 1.29 is 14.3 Å². The van der Waals surface area contributed by atoms with Crippen LogP contribution in [0.2, 0.25) is 0 Å². The maximum absolute atomic E-state index is 11.9. The van der Waals surface area contributed by atoms with Gasteiger partial charge < -0.3 is 4.74 Å². The Morgan fingerprint density at radius 2 is 2.22 bits per heavy atom. The van der Waals surface area contributed by atoms with Crippen LogP contribution in [-0.4, -0.2) is 23.9 Å². The highest BCUT2D eigenvalue weighted by molar-refractivity contribution is 5.84. The standard InChI is InChI=1S/C12H19N3O3/c1-12(2,3)18-11(17)8-4-5-10(16)9(6-8)7-14-15-13/h8-9H,4-7H2,1-3H3. The lowest BCUT2D eigenvalue weighted by atomic mass is 9.80. The van der Waals surface area contributed by atoms with Crippen molar-refractivity contribution in [3.05, 3.63) is 10.4 Å². The average Bonchev–Trinajstić information content (AvgIpc) is 2.25. The molecule has 6 heteroatoms. The molecule has 18 heavy (non-hydrogen) atoms. The van der Waals surface area contributed by atoms with Crippen LogP contribution in [0.5, 0.6) is 0 Å². The van der Waals surface area contributed by atoms with Gasteiger partial charge in [0.15, 0.2) is 0 Å². The van der Waals surface area contributed by atoms with E-state index in [0.717, 1.165) is 0 Å². The number of esters is 1. The molecule has 0 aromatic carbocycles. The molecule has 1 fully saturated rings. The number of rotatable bonds is 3. The zero-order valence-electron chi connectivity index (χ0n) is 11.0. The lowest BCUT2D eigenvalue weighted by Crippen LogP contribution is -2.35. The number of azide groups is 1. The number of nitrogens with zero attached hydrogens (tertiary/aromatic N) is 3. The predicted molar refractivity (Wildman–Crippen MR) is 65.7 cm³/mol. The number of hydrogen-bond acceptors (Lipinski definition) is 4. The lowest BCUT2D eigenvalue weighted by molar-refractivity contribution is -0.162. The molecule has 1 rings (SSSR count). The molecule has 0 aliphatic heterocycles. The summed E-state index contributed by atoms with van der Waals surface area (Å²) in [5.74, 6) is -0.795. The molecule has 6 nitrogen and oxygen atoms in total. The molecular weight excluding hydrogens is 234 g/mol. The van der Waals surface area contributed by atoms with Crippen LogP contribution in [-0.2, 0) is 14.3 Å². The number of Topliss-reactive ketones (excluding diaryl/α,β-unsaturated/α-hetero) is 1. The summed E-state index contributed by atoms with van der Waals surface area (Å²) in [6, 6.07) is 0. The van der Waals surface area contributed by atoms with Gasteiger partial charge in [-0.25, -0.2) is 0 Å². The van der Waals surface area contributed by atoms with Gasteiger partial charge in [-0.05, 0) is 39.1 Å². The monoisotopic (exact) mass is 253 g/mol. The Morgan fingerprint density at radius 1 is 1.56 bits per heavy atom. The second-order valence-electron chi connectivity index (χ2n) is 5.58. The smallest absolute Gasteiger partial charge is 0.309 e. The van der Waals surface area contributed by atoms with E-state index < -0.39 is 5.60 Å². The van der Waals surface area contributed by atoms with Gasteiger partial charge in [0.1, 0.15) is 11.4 Å². The fourth-order valence-corrected chi connectivity index (χ4v) is 2.02. The summed E-state index contributed by atoms with van der Waals surface area (Å²) in [5.41, 5.74) is 7.75. The Balaban J connectivity index is 2.61. The molecule has 0 aromatic heterocycles. The number of ketones is 1. The Morgan fingerprint density at radius 3 is 2.78 bits per heavy atom. The minimum Gasteiger partial charge on any atom is -0.460 e. The Hall–Kier alpha value is -1.55. The molecule has 1 saturated carbocycles. The van der Waals surface area contributed by atoms with Gasteiger partial charge in [0.05, 0.1) is 5.92 Å². The van der Waals surface area contributed by atoms with Crippen LogP contribution >= 0.6 is 0 Å². The Kier molecular flexibility index (Phi) is 4.73. The largest absolute Gasteiger partial charge is 0.460 e. The van der Waals surface area contributed by atoms with E-state index in [4.69, 9.17) is 10.3 Å². The molecular formula is C12H19N3O3. The van der Waals surface area contributed by atoms with Gasteiger partial charge >= 0.3 is 5.97 Å². The third-order valence-electron chi connectivity index (χ3n) is 2.87. The van der Waals surface area contributed by atoms with E-state index in [9.17, 15) is 9.59 Å². The van der Waals surface area contributed by atoms with Gasteiger partial charge in [-0.1, -0.05) is 5.11 Å². The van der Waals surface area contributed by atoms with Crippen molar-refractivity contribution in [2.45, 2.75) is 45.6 Å². The predicted octanol–water partition coefficient (Wildman–Crippen LogP) is 2.62. The number of hydrogen-bond donors (Lipinski definition) is 0. The molecule has 2 atom stereocenters. The van der Waals surface area contributed by atoms with E-state index in [0.29, 0.717) is 19.3 Å². The molecule has 2 unspecified atom stereocenters. The topological polar surface area (TPSA) is 92.1 Å². The summed E-state index contributed by atoms with van der Waals surface area (Å²) >= 11 is 0. The third kappa shape index (κ3) is 4.37. The van der Waals surface area contributed by atoms with Crippen LogP contribution in [0.25, 0.3) is 10.4 Å². The first-order valence-electron chi connectivity index (χ1n) is 6.10. The normalized spacial score (nSPS) is 24.3. The summed E-state index contributed by atoms with van der Waals surface area (Å²) in [5, 5.41) is 3.42. The van der Waals surface area contributed by atoms with Crippen LogP contribution in [0, 0.1) is 11.8 Å². The molecule has 100 valence electrons. The quantitative estimate of drug-likeness (QED) is 0.335. The van der Waals surface area contributed by atoms with E-state index >= 15 is 0 Å². The first-order valence-corrected chi connectivity index (χ1v) is 6.10. The summed E-state index contributed by atoms with van der Waals surface area (Å²) in [4.78, 5) is 26.2. The van der Waals surface area contributed by atoms with Crippen molar-refractivity contribution in [1.82, 2.24) is 0 Å². The van der Waals surface area contributed by atoms with E-state index in [1.54, 1.807) is 0 Å². The second-order valence-corrected chi connectivity index (χ2v) is 5.58. The number of carbonyl (C=O) groups is 2. The molecule has 0 radical (unpaired) electrons. The zero-order chi connectivity index (χ0) is 13.8. The fourth-order valence-electron chi connectivity index (χ4n) is 2.02. The van der Waals surface area contributed by atoms with Crippen molar-refractivity contribution in [3.8, 4) is 0 Å². The first-order chi connectivity index (χ1) is 8.33. The molecule has 1 aliphatic carbocycles. The average molecular weight is 253 g/mol. The van der Waals surface area contributed by atoms with E-state index in [2.05, 4.69) is 10.0 Å². The van der Waals surface area contributed by atoms with Gasteiger partial charge in [-0.15, -0.1) is 0 Å². The number of carbonyl (C=O) groups excluding carboxylic acids is 2. The molecule has 1 aliphatic rings. The Bertz CT molecular complexity index is 381. The van der Waals surface area contributed by atoms with Crippen LogP contribution in [0.3, 0.4) is 0 Å². The van der Waals surface area contributed by atoms with Gasteiger partial charge in [-0.2, -0.15) is 0 Å². The van der Waals surface area contributed by atoms with Crippen molar-refractivity contribution >= 4 is 11.8 Å². The fraction of sp³-hybridized carbons (Fsp3) is 0.833. The van der Waals surface area contributed by atoms with Crippen molar-refractivity contribution in [2.24, 2.45) is 17.0 Å². The zero-order valence-corrected chi connectivity index (χ0v) is 11.0. The lowest BCUT2D eigenvalue weighted by Gasteiger charge is -2.29. The summed E-state index contributed by atoms with van der Waals surface area (Å²) in [6.07, 6.45) is 1.31. The van der Waals surface area contributed by atoms with Crippen molar-refractivity contribution in [2.75, 3.05) is 6.54 Å². The summed E-state index contributed by atoms with van der Waals surface area (Å²) in [6.45, 7) is 5.58. The van der Waals surface area contributed by atoms with Crippen molar-refractivity contribution in [3.63, 3.8) is 0 Å². The molecule has 0 spiro atoms. The molecule has 0 heterocycles. The highest BCUT2D eigenvalue weighted by Gasteiger charge is 2.34. The molecule has 0 amide bonds. The SMILES string of the molecule is CC(C)(C)OC(=O)C1CCC(=O)C(CN=[N+]=[N-])C1. The molecule has 0 bridgehead atoms. The highest BCUT2D eigenvalue weighted by Crippen LogP contribution is 2.29. The van der Waals surface area contributed by atoms with Gasteiger partial charge in [-0.3, -0.25) is 9.59 Å². The molecule has 0 aromatic rings. The van der Waals surface area contributed by atoms with Crippen LogP contribution in [0.15, 0.2) is 5.11 Å². The maximum atomic E-state index is 11.9. The van der Waals surface area contributed by atoms with Crippen molar-refractivity contribution in [1.29, 1.82) is 0 Å².